The van der Waals surface area contributed by atoms with Gasteiger partial charge in [-0.05, 0) is 36.5 Å². The van der Waals surface area contributed by atoms with Crippen LogP contribution in [0.3, 0.4) is 0 Å². The van der Waals surface area contributed by atoms with Crippen LogP contribution in [0.15, 0.2) is 24.3 Å². The molecule has 88 valence electrons. The average Bonchev–Trinajstić information content (AvgIpc) is 2.29. The van der Waals surface area contributed by atoms with Crippen molar-refractivity contribution in [3.05, 3.63) is 29.8 Å². The lowest BCUT2D eigenvalue weighted by atomic mass is 9.84. The molecule has 1 aromatic carbocycles. The van der Waals surface area contributed by atoms with Crippen molar-refractivity contribution in [3.63, 3.8) is 0 Å². The molecule has 1 aromatic rings. The lowest BCUT2D eigenvalue weighted by Gasteiger charge is -2.25. The third kappa shape index (κ3) is 2.65. The van der Waals surface area contributed by atoms with Gasteiger partial charge >= 0.3 is 0 Å². The van der Waals surface area contributed by atoms with Crippen molar-refractivity contribution in [2.24, 2.45) is 0 Å². The smallest absolute Gasteiger partial charge is 0.132 e. The third-order valence-corrected chi connectivity index (χ3v) is 3.74. The van der Waals surface area contributed by atoms with E-state index in [4.69, 9.17) is 0 Å². The Morgan fingerprint density at radius 2 is 1.44 bits per heavy atom. The molecule has 0 atom stereocenters. The fourth-order valence-corrected chi connectivity index (χ4v) is 2.63. The SMILES string of the molecule is C[N+](C)(C)c1ccc(C2CCCCC2)cc1. The zero-order chi connectivity index (χ0) is 11.6. The van der Waals surface area contributed by atoms with Crippen LogP contribution in [-0.2, 0) is 0 Å². The second kappa shape index (κ2) is 4.58. The van der Waals surface area contributed by atoms with Crippen molar-refractivity contribution in [2.75, 3.05) is 21.1 Å². The predicted octanol–water partition coefficient (Wildman–Crippen LogP) is 3.93. The molecular weight excluding hydrogens is 194 g/mol. The van der Waals surface area contributed by atoms with Crippen LogP contribution < -0.4 is 4.48 Å². The predicted molar refractivity (Wildman–Crippen MR) is 71.8 cm³/mol. The first kappa shape index (κ1) is 11.7. The summed E-state index contributed by atoms with van der Waals surface area (Å²) in [6.45, 7) is 0. The molecule has 0 aromatic heterocycles. The maximum Gasteiger partial charge on any atom is 0.132 e. The molecule has 0 amide bonds. The van der Waals surface area contributed by atoms with E-state index in [1.807, 2.05) is 0 Å². The zero-order valence-corrected chi connectivity index (χ0v) is 10.9. The van der Waals surface area contributed by atoms with Gasteiger partial charge in [-0.15, -0.1) is 0 Å². The summed E-state index contributed by atoms with van der Waals surface area (Å²) in [5.74, 6) is 0.829. The summed E-state index contributed by atoms with van der Waals surface area (Å²) in [5.41, 5.74) is 2.94. The summed E-state index contributed by atoms with van der Waals surface area (Å²) in [6.07, 6.45) is 7.06. The molecule has 0 unspecified atom stereocenters. The maximum absolute atomic E-state index is 2.34. The lowest BCUT2D eigenvalue weighted by Crippen LogP contribution is -2.34. The van der Waals surface area contributed by atoms with Crippen LogP contribution in [0.4, 0.5) is 5.69 Å². The van der Waals surface area contributed by atoms with E-state index < -0.39 is 0 Å². The minimum absolute atomic E-state index is 0.829. The highest BCUT2D eigenvalue weighted by Gasteiger charge is 2.17. The quantitative estimate of drug-likeness (QED) is 0.660. The fourth-order valence-electron chi connectivity index (χ4n) is 2.63. The van der Waals surface area contributed by atoms with Crippen LogP contribution in [0.1, 0.15) is 43.6 Å². The molecule has 16 heavy (non-hydrogen) atoms. The van der Waals surface area contributed by atoms with E-state index in [9.17, 15) is 0 Å². The summed E-state index contributed by atoms with van der Waals surface area (Å²) >= 11 is 0. The molecular formula is C15H24N+. The molecule has 1 aliphatic carbocycles. The number of benzene rings is 1. The summed E-state index contributed by atoms with van der Waals surface area (Å²) in [6, 6.07) is 9.28. The van der Waals surface area contributed by atoms with E-state index in [-0.39, 0.29) is 0 Å². The Bertz CT molecular complexity index is 325. The first-order valence-electron chi connectivity index (χ1n) is 6.49. The summed E-state index contributed by atoms with van der Waals surface area (Å²) in [7, 11) is 6.65. The van der Waals surface area contributed by atoms with Gasteiger partial charge in [-0.3, -0.25) is 4.48 Å². The lowest BCUT2D eigenvalue weighted by molar-refractivity contribution is 0.443. The Morgan fingerprint density at radius 1 is 0.875 bits per heavy atom. The Balaban J connectivity index is 2.12. The van der Waals surface area contributed by atoms with E-state index in [1.165, 1.54) is 37.8 Å². The Hall–Kier alpha value is -0.820. The molecule has 1 heteroatoms. The Kier molecular flexibility index (Phi) is 3.34. The summed E-state index contributed by atoms with van der Waals surface area (Å²) in [4.78, 5) is 0. The standard InChI is InChI=1S/C15H24N/c1-16(2,3)15-11-9-14(10-12-15)13-7-5-4-6-8-13/h9-13H,4-8H2,1-3H3/q+1. The molecule has 1 fully saturated rings. The largest absolute Gasteiger partial charge is 0.298 e. The molecule has 2 rings (SSSR count). The van der Waals surface area contributed by atoms with Crippen LogP contribution in [0, 0.1) is 0 Å². The van der Waals surface area contributed by atoms with E-state index >= 15 is 0 Å². The minimum Gasteiger partial charge on any atom is -0.298 e. The molecule has 0 N–H and O–H groups in total. The molecule has 0 bridgehead atoms. The number of hydrogen-bond acceptors (Lipinski definition) is 0. The maximum atomic E-state index is 2.34. The zero-order valence-electron chi connectivity index (χ0n) is 10.9. The van der Waals surface area contributed by atoms with E-state index in [1.54, 1.807) is 5.56 Å². The second-order valence-electron chi connectivity index (χ2n) is 5.94. The van der Waals surface area contributed by atoms with E-state index in [0.717, 1.165) is 10.4 Å². The van der Waals surface area contributed by atoms with Gasteiger partial charge in [-0.1, -0.05) is 31.4 Å². The molecule has 1 saturated carbocycles. The van der Waals surface area contributed by atoms with Crippen LogP contribution in [0.2, 0.25) is 0 Å². The fraction of sp³-hybridized carbons (Fsp3) is 0.600. The van der Waals surface area contributed by atoms with Gasteiger partial charge in [-0.2, -0.15) is 0 Å². The van der Waals surface area contributed by atoms with Crippen molar-refractivity contribution in [1.29, 1.82) is 0 Å². The normalized spacial score (nSPS) is 18.7. The molecule has 0 saturated heterocycles. The second-order valence-corrected chi connectivity index (χ2v) is 5.94. The van der Waals surface area contributed by atoms with Crippen molar-refractivity contribution < 1.29 is 0 Å². The molecule has 1 aliphatic rings. The highest BCUT2D eigenvalue weighted by molar-refractivity contribution is 5.43. The summed E-state index contributed by atoms with van der Waals surface area (Å²) < 4.78 is 0.908. The topological polar surface area (TPSA) is 0 Å². The number of rotatable bonds is 2. The van der Waals surface area contributed by atoms with Gasteiger partial charge in [0.15, 0.2) is 0 Å². The van der Waals surface area contributed by atoms with Gasteiger partial charge in [0.05, 0.1) is 21.1 Å². The Morgan fingerprint density at radius 3 is 1.94 bits per heavy atom. The Labute approximate surface area is 99.7 Å². The number of quaternary nitrogens is 1. The minimum atomic E-state index is 0.829. The van der Waals surface area contributed by atoms with Crippen LogP contribution in [0.5, 0.6) is 0 Å². The molecule has 0 spiro atoms. The van der Waals surface area contributed by atoms with Crippen LogP contribution in [0.25, 0.3) is 0 Å². The van der Waals surface area contributed by atoms with Crippen LogP contribution >= 0.6 is 0 Å². The molecule has 0 aliphatic heterocycles. The highest BCUT2D eigenvalue weighted by Crippen LogP contribution is 2.33. The van der Waals surface area contributed by atoms with E-state index in [2.05, 4.69) is 45.4 Å². The third-order valence-electron chi connectivity index (χ3n) is 3.74. The van der Waals surface area contributed by atoms with Gasteiger partial charge < -0.3 is 0 Å². The molecule has 0 radical (unpaired) electrons. The number of nitrogens with zero attached hydrogens (tertiary/aromatic N) is 1. The first-order valence-corrected chi connectivity index (χ1v) is 6.49. The van der Waals surface area contributed by atoms with Crippen molar-refractivity contribution in [3.8, 4) is 0 Å². The van der Waals surface area contributed by atoms with Gasteiger partial charge in [0.1, 0.15) is 5.69 Å². The van der Waals surface area contributed by atoms with Gasteiger partial charge in [0, 0.05) is 0 Å². The van der Waals surface area contributed by atoms with Crippen molar-refractivity contribution in [2.45, 2.75) is 38.0 Å². The van der Waals surface area contributed by atoms with E-state index in [0.29, 0.717) is 0 Å². The van der Waals surface area contributed by atoms with Crippen LogP contribution in [-0.4, -0.2) is 21.1 Å². The number of hydrogen-bond donors (Lipinski definition) is 0. The van der Waals surface area contributed by atoms with Gasteiger partial charge in [0.25, 0.3) is 0 Å². The molecule has 1 nitrogen and oxygen atoms in total. The monoisotopic (exact) mass is 218 g/mol. The first-order chi connectivity index (χ1) is 7.57. The van der Waals surface area contributed by atoms with Crippen molar-refractivity contribution >= 4 is 5.69 Å². The van der Waals surface area contributed by atoms with Crippen molar-refractivity contribution in [1.82, 2.24) is 4.48 Å². The molecule has 0 heterocycles. The average molecular weight is 218 g/mol. The van der Waals surface area contributed by atoms with Gasteiger partial charge in [0.2, 0.25) is 0 Å². The van der Waals surface area contributed by atoms with Gasteiger partial charge in [-0.25, -0.2) is 0 Å². The highest BCUT2D eigenvalue weighted by atomic mass is 15.3. The summed E-state index contributed by atoms with van der Waals surface area (Å²) in [5, 5.41) is 0.